The van der Waals surface area contributed by atoms with Crippen LogP contribution in [-0.4, -0.2) is 62.6 Å². The number of hydrogen-bond acceptors (Lipinski definition) is 3. The first-order valence-corrected chi connectivity index (χ1v) is 11.2. The molecule has 0 radical (unpaired) electrons. The van der Waals surface area contributed by atoms with Crippen molar-refractivity contribution in [1.29, 1.82) is 0 Å². The van der Waals surface area contributed by atoms with Gasteiger partial charge in [0.25, 0.3) is 0 Å². The second-order valence-electron chi connectivity index (χ2n) is 7.98. The minimum Gasteiger partial charge on any atom is -0.356 e. The number of aliphatic imine (C=N–C) groups is 1. The number of guanidine groups is 1. The van der Waals surface area contributed by atoms with Crippen molar-refractivity contribution < 1.29 is 0 Å². The van der Waals surface area contributed by atoms with E-state index in [4.69, 9.17) is 11.6 Å². The number of likely N-dealkylation sites (N-methyl/N-ethyl adjacent to an activating group) is 1. The summed E-state index contributed by atoms with van der Waals surface area (Å²) in [6, 6.07) is 16.9. The van der Waals surface area contributed by atoms with Crippen LogP contribution in [0.1, 0.15) is 23.1 Å². The summed E-state index contributed by atoms with van der Waals surface area (Å²) in [5.74, 6) is 0.815. The smallest absolute Gasteiger partial charge is 0.191 e. The minimum atomic E-state index is 0. The van der Waals surface area contributed by atoms with Crippen LogP contribution >= 0.6 is 35.6 Å². The monoisotopic (exact) mass is 555 g/mol. The fraction of sp³-hybridized carbons (Fsp3) is 0.458. The SMILES string of the molecule is CN=C(NCCc1cccc(Cl)c1)NCc1ccc(CN2CCCN(C)CC2)cc1.I. The lowest BCUT2D eigenvalue weighted by Crippen LogP contribution is -2.37. The van der Waals surface area contributed by atoms with Gasteiger partial charge in [-0.05, 0) is 61.8 Å². The van der Waals surface area contributed by atoms with Gasteiger partial charge in [-0.1, -0.05) is 48.0 Å². The molecule has 2 aromatic rings. The molecule has 1 fully saturated rings. The fourth-order valence-electron chi connectivity index (χ4n) is 3.70. The van der Waals surface area contributed by atoms with Crippen molar-refractivity contribution in [3.63, 3.8) is 0 Å². The van der Waals surface area contributed by atoms with Gasteiger partial charge in [0.1, 0.15) is 0 Å². The maximum atomic E-state index is 6.05. The number of rotatable bonds is 7. The molecule has 0 atom stereocenters. The molecule has 1 saturated heterocycles. The molecule has 0 aromatic heterocycles. The van der Waals surface area contributed by atoms with Gasteiger partial charge < -0.3 is 15.5 Å². The number of halogens is 2. The normalized spacial score (nSPS) is 15.8. The quantitative estimate of drug-likeness (QED) is 0.308. The Kier molecular flexibility index (Phi) is 11.6. The van der Waals surface area contributed by atoms with E-state index in [1.807, 2.05) is 18.2 Å². The van der Waals surface area contributed by atoms with E-state index in [0.717, 1.165) is 50.1 Å². The number of nitrogens with zero attached hydrogens (tertiary/aromatic N) is 3. The molecular formula is C24H35ClIN5. The first kappa shape index (κ1) is 25.9. The van der Waals surface area contributed by atoms with Gasteiger partial charge in [-0.25, -0.2) is 0 Å². The maximum Gasteiger partial charge on any atom is 0.191 e. The fourth-order valence-corrected chi connectivity index (χ4v) is 3.92. The molecule has 1 aliphatic rings. The Labute approximate surface area is 209 Å². The van der Waals surface area contributed by atoms with Crippen LogP contribution in [0.4, 0.5) is 0 Å². The molecule has 2 aromatic carbocycles. The predicted octanol–water partition coefficient (Wildman–Crippen LogP) is 4.00. The summed E-state index contributed by atoms with van der Waals surface area (Å²) < 4.78 is 0. The number of hydrogen-bond donors (Lipinski definition) is 2. The lowest BCUT2D eigenvalue weighted by atomic mass is 10.1. The number of nitrogens with one attached hydrogen (secondary N) is 2. The van der Waals surface area contributed by atoms with Gasteiger partial charge >= 0.3 is 0 Å². The summed E-state index contributed by atoms with van der Waals surface area (Å²) in [4.78, 5) is 9.30. The third kappa shape index (κ3) is 9.35. The van der Waals surface area contributed by atoms with Crippen molar-refractivity contribution >= 4 is 41.5 Å². The lowest BCUT2D eigenvalue weighted by Gasteiger charge is -2.20. The molecule has 1 heterocycles. The highest BCUT2D eigenvalue weighted by atomic mass is 127. The third-order valence-electron chi connectivity index (χ3n) is 5.52. The maximum absolute atomic E-state index is 6.05. The largest absolute Gasteiger partial charge is 0.356 e. The van der Waals surface area contributed by atoms with Crippen molar-refractivity contribution in [1.82, 2.24) is 20.4 Å². The van der Waals surface area contributed by atoms with E-state index in [9.17, 15) is 0 Å². The Bertz CT molecular complexity index is 812. The lowest BCUT2D eigenvalue weighted by molar-refractivity contribution is 0.269. The van der Waals surface area contributed by atoms with Crippen LogP contribution in [0.3, 0.4) is 0 Å². The molecule has 5 nitrogen and oxygen atoms in total. The Morgan fingerprint density at radius 1 is 0.968 bits per heavy atom. The molecule has 31 heavy (non-hydrogen) atoms. The second kappa shape index (κ2) is 13.9. The van der Waals surface area contributed by atoms with Crippen LogP contribution in [-0.2, 0) is 19.5 Å². The van der Waals surface area contributed by atoms with E-state index in [2.05, 4.69) is 62.8 Å². The van der Waals surface area contributed by atoms with Crippen molar-refractivity contribution in [3.8, 4) is 0 Å². The van der Waals surface area contributed by atoms with Crippen LogP contribution in [0, 0.1) is 0 Å². The first-order chi connectivity index (χ1) is 14.6. The van der Waals surface area contributed by atoms with Gasteiger partial charge in [-0.3, -0.25) is 9.89 Å². The number of benzene rings is 2. The van der Waals surface area contributed by atoms with Gasteiger partial charge in [0.15, 0.2) is 5.96 Å². The van der Waals surface area contributed by atoms with Gasteiger partial charge in [-0.2, -0.15) is 0 Å². The second-order valence-corrected chi connectivity index (χ2v) is 8.42. The molecule has 0 spiro atoms. The molecule has 0 amide bonds. The summed E-state index contributed by atoms with van der Waals surface area (Å²) >= 11 is 6.05. The third-order valence-corrected chi connectivity index (χ3v) is 5.76. The van der Waals surface area contributed by atoms with E-state index >= 15 is 0 Å². The zero-order valence-corrected chi connectivity index (χ0v) is 21.7. The summed E-state index contributed by atoms with van der Waals surface area (Å²) in [5, 5.41) is 7.54. The van der Waals surface area contributed by atoms with Crippen LogP contribution in [0.2, 0.25) is 5.02 Å². The molecular weight excluding hydrogens is 521 g/mol. The summed E-state index contributed by atoms with van der Waals surface area (Å²) in [6.07, 6.45) is 2.16. The summed E-state index contributed by atoms with van der Waals surface area (Å²) in [7, 11) is 4.02. The van der Waals surface area contributed by atoms with E-state index < -0.39 is 0 Å². The Balaban J connectivity index is 0.00000341. The van der Waals surface area contributed by atoms with Crippen molar-refractivity contribution in [3.05, 3.63) is 70.2 Å². The molecule has 1 aliphatic heterocycles. The molecule has 0 bridgehead atoms. The zero-order valence-electron chi connectivity index (χ0n) is 18.6. The molecule has 170 valence electrons. The molecule has 0 saturated carbocycles. The zero-order chi connectivity index (χ0) is 21.2. The highest BCUT2D eigenvalue weighted by Gasteiger charge is 2.12. The van der Waals surface area contributed by atoms with Crippen LogP contribution in [0.5, 0.6) is 0 Å². The average molecular weight is 556 g/mol. The molecule has 0 aliphatic carbocycles. The van der Waals surface area contributed by atoms with E-state index in [0.29, 0.717) is 0 Å². The average Bonchev–Trinajstić information content (AvgIpc) is 2.95. The van der Waals surface area contributed by atoms with E-state index in [1.54, 1.807) is 7.05 Å². The summed E-state index contributed by atoms with van der Waals surface area (Å²) in [5.41, 5.74) is 3.86. The van der Waals surface area contributed by atoms with E-state index in [1.165, 1.54) is 36.2 Å². The predicted molar refractivity (Wildman–Crippen MR) is 143 cm³/mol. The molecule has 7 heteroatoms. The summed E-state index contributed by atoms with van der Waals surface area (Å²) in [6.45, 7) is 7.30. The van der Waals surface area contributed by atoms with Crippen molar-refractivity contribution in [2.75, 3.05) is 46.8 Å². The standard InChI is InChI=1S/C24H34ClN5.HI/c1-26-24(27-12-11-20-5-3-6-23(25)17-20)28-18-21-7-9-22(10-8-21)19-30-14-4-13-29(2)15-16-30;/h3,5-10,17H,4,11-16,18-19H2,1-2H3,(H2,26,27,28);1H. The van der Waals surface area contributed by atoms with Crippen molar-refractivity contribution in [2.45, 2.75) is 25.9 Å². The van der Waals surface area contributed by atoms with Crippen LogP contribution < -0.4 is 10.6 Å². The Morgan fingerprint density at radius 3 is 2.48 bits per heavy atom. The molecule has 2 N–H and O–H groups in total. The van der Waals surface area contributed by atoms with Gasteiger partial charge in [-0.15, -0.1) is 24.0 Å². The topological polar surface area (TPSA) is 42.9 Å². The van der Waals surface area contributed by atoms with Crippen LogP contribution in [0.25, 0.3) is 0 Å². The van der Waals surface area contributed by atoms with E-state index in [-0.39, 0.29) is 24.0 Å². The van der Waals surface area contributed by atoms with Crippen LogP contribution in [0.15, 0.2) is 53.5 Å². The van der Waals surface area contributed by atoms with Gasteiger partial charge in [0, 0.05) is 44.8 Å². The van der Waals surface area contributed by atoms with Gasteiger partial charge in [0.05, 0.1) is 0 Å². The minimum absolute atomic E-state index is 0. The Hall–Kier alpha value is -1.35. The highest BCUT2D eigenvalue weighted by molar-refractivity contribution is 14.0. The van der Waals surface area contributed by atoms with Crippen molar-refractivity contribution in [2.24, 2.45) is 4.99 Å². The first-order valence-electron chi connectivity index (χ1n) is 10.8. The Morgan fingerprint density at radius 2 is 1.74 bits per heavy atom. The molecule has 3 rings (SSSR count). The van der Waals surface area contributed by atoms with Gasteiger partial charge in [0.2, 0.25) is 0 Å². The molecule has 0 unspecified atom stereocenters. The highest BCUT2D eigenvalue weighted by Crippen LogP contribution is 2.11.